The first-order valence-electron chi connectivity index (χ1n) is 6.76. The fourth-order valence-electron chi connectivity index (χ4n) is 2.63. The molecule has 2 unspecified atom stereocenters. The van der Waals surface area contributed by atoms with Gasteiger partial charge in [-0.3, -0.25) is 10.1 Å². The molecule has 0 saturated heterocycles. The molecule has 0 radical (unpaired) electrons. The fourth-order valence-corrected chi connectivity index (χ4v) is 2.63. The Morgan fingerprint density at radius 1 is 1.26 bits per heavy atom. The van der Waals surface area contributed by atoms with Gasteiger partial charge in [0, 0.05) is 17.8 Å². The number of non-ortho nitro benzene ring substituents is 1. The molecule has 1 fully saturated rings. The van der Waals surface area contributed by atoms with Gasteiger partial charge in [-0.2, -0.15) is 0 Å². The van der Waals surface area contributed by atoms with Crippen molar-refractivity contribution in [1.82, 2.24) is 0 Å². The van der Waals surface area contributed by atoms with Crippen LogP contribution in [0.3, 0.4) is 0 Å². The van der Waals surface area contributed by atoms with Gasteiger partial charge in [0.1, 0.15) is 5.82 Å². The summed E-state index contributed by atoms with van der Waals surface area (Å²) in [5.74, 6) is 0.160. The van der Waals surface area contributed by atoms with Gasteiger partial charge < -0.3 is 5.32 Å². The number of nitrogens with zero attached hydrogens (tertiary/aromatic N) is 1. The molecule has 4 nitrogen and oxygen atoms in total. The third-order valence-electron chi connectivity index (χ3n) is 3.72. The van der Waals surface area contributed by atoms with Gasteiger partial charge in [-0.1, -0.05) is 19.8 Å². The van der Waals surface area contributed by atoms with Crippen LogP contribution in [0.2, 0.25) is 0 Å². The highest BCUT2D eigenvalue weighted by molar-refractivity contribution is 5.52. The first-order valence-corrected chi connectivity index (χ1v) is 6.76. The molecule has 1 aliphatic rings. The van der Waals surface area contributed by atoms with Crippen molar-refractivity contribution < 1.29 is 9.31 Å². The van der Waals surface area contributed by atoms with Crippen LogP contribution in [-0.4, -0.2) is 11.0 Å². The average Bonchev–Trinajstić information content (AvgIpc) is 2.54. The number of nitro benzene ring substituents is 1. The minimum absolute atomic E-state index is 0.204. The quantitative estimate of drug-likeness (QED) is 0.508. The van der Waals surface area contributed by atoms with Gasteiger partial charge in [-0.15, -0.1) is 0 Å². The van der Waals surface area contributed by atoms with Gasteiger partial charge in [-0.25, -0.2) is 4.39 Å². The minimum atomic E-state index is -0.571. The van der Waals surface area contributed by atoms with E-state index in [1.54, 1.807) is 0 Å². The van der Waals surface area contributed by atoms with E-state index in [0.29, 0.717) is 5.69 Å². The van der Waals surface area contributed by atoms with Crippen LogP contribution >= 0.6 is 0 Å². The molecule has 0 aliphatic heterocycles. The molecule has 1 aliphatic carbocycles. The smallest absolute Gasteiger partial charge is 0.274 e. The Kier molecular flexibility index (Phi) is 4.35. The molecule has 0 heterocycles. The van der Waals surface area contributed by atoms with Crippen LogP contribution in [0.25, 0.3) is 0 Å². The standard InChI is InChI=1S/C14H19FN2O2/c1-10-3-2-4-12(6-5-10)16-13-7-11(15)8-14(9-13)17(18)19/h7-10,12,16H,2-6H2,1H3. The molecule has 0 amide bonds. The minimum Gasteiger partial charge on any atom is -0.382 e. The Labute approximate surface area is 112 Å². The number of hydrogen-bond acceptors (Lipinski definition) is 3. The van der Waals surface area contributed by atoms with Crippen molar-refractivity contribution in [2.45, 2.75) is 45.1 Å². The van der Waals surface area contributed by atoms with Gasteiger partial charge >= 0.3 is 0 Å². The zero-order chi connectivity index (χ0) is 13.8. The highest BCUT2D eigenvalue weighted by atomic mass is 19.1. The van der Waals surface area contributed by atoms with Crippen molar-refractivity contribution in [3.05, 3.63) is 34.1 Å². The van der Waals surface area contributed by atoms with Gasteiger partial charge in [0.2, 0.25) is 0 Å². The maximum absolute atomic E-state index is 13.3. The normalized spacial score (nSPS) is 23.7. The molecular formula is C14H19FN2O2. The molecule has 2 atom stereocenters. The summed E-state index contributed by atoms with van der Waals surface area (Å²) in [6, 6.07) is 3.95. The summed E-state index contributed by atoms with van der Waals surface area (Å²) < 4.78 is 13.3. The van der Waals surface area contributed by atoms with Crippen LogP contribution in [-0.2, 0) is 0 Å². The number of benzene rings is 1. The Bertz CT molecular complexity index is 465. The molecule has 19 heavy (non-hydrogen) atoms. The Hall–Kier alpha value is -1.65. The van der Waals surface area contributed by atoms with E-state index in [1.165, 1.54) is 18.6 Å². The van der Waals surface area contributed by atoms with Gasteiger partial charge in [0.15, 0.2) is 0 Å². The number of anilines is 1. The van der Waals surface area contributed by atoms with E-state index in [2.05, 4.69) is 12.2 Å². The molecule has 1 saturated carbocycles. The van der Waals surface area contributed by atoms with Crippen LogP contribution in [0.5, 0.6) is 0 Å². The molecule has 1 aromatic carbocycles. The second-order valence-electron chi connectivity index (χ2n) is 5.41. The predicted octanol–water partition coefficient (Wildman–Crippen LogP) is 4.11. The van der Waals surface area contributed by atoms with Crippen molar-refractivity contribution in [3.63, 3.8) is 0 Å². The van der Waals surface area contributed by atoms with Crippen molar-refractivity contribution >= 4 is 11.4 Å². The highest BCUT2D eigenvalue weighted by Gasteiger charge is 2.17. The van der Waals surface area contributed by atoms with E-state index in [0.717, 1.165) is 37.7 Å². The fraction of sp³-hybridized carbons (Fsp3) is 0.571. The number of nitrogens with one attached hydrogen (secondary N) is 1. The summed E-state index contributed by atoms with van der Waals surface area (Å²) in [6.07, 6.45) is 5.59. The maximum atomic E-state index is 13.3. The third-order valence-corrected chi connectivity index (χ3v) is 3.72. The largest absolute Gasteiger partial charge is 0.382 e. The first-order chi connectivity index (χ1) is 9.04. The molecule has 5 heteroatoms. The predicted molar refractivity (Wildman–Crippen MR) is 72.7 cm³/mol. The van der Waals surface area contributed by atoms with E-state index in [1.807, 2.05) is 0 Å². The van der Waals surface area contributed by atoms with Crippen LogP contribution < -0.4 is 5.32 Å². The summed E-state index contributed by atoms with van der Waals surface area (Å²) >= 11 is 0. The van der Waals surface area contributed by atoms with Crippen molar-refractivity contribution in [2.75, 3.05) is 5.32 Å². The monoisotopic (exact) mass is 266 g/mol. The highest BCUT2D eigenvalue weighted by Crippen LogP contribution is 2.27. The zero-order valence-electron chi connectivity index (χ0n) is 11.1. The Balaban J connectivity index is 2.07. The van der Waals surface area contributed by atoms with E-state index in [-0.39, 0.29) is 11.7 Å². The lowest BCUT2D eigenvalue weighted by Crippen LogP contribution is -2.18. The molecule has 104 valence electrons. The van der Waals surface area contributed by atoms with Gasteiger partial charge in [-0.05, 0) is 31.2 Å². The van der Waals surface area contributed by atoms with Crippen LogP contribution in [0.15, 0.2) is 18.2 Å². The Morgan fingerprint density at radius 3 is 2.79 bits per heavy atom. The zero-order valence-corrected chi connectivity index (χ0v) is 11.1. The Morgan fingerprint density at radius 2 is 2.05 bits per heavy atom. The summed E-state index contributed by atoms with van der Waals surface area (Å²) in [6.45, 7) is 2.25. The lowest BCUT2D eigenvalue weighted by molar-refractivity contribution is -0.385. The van der Waals surface area contributed by atoms with E-state index >= 15 is 0 Å². The van der Waals surface area contributed by atoms with Crippen LogP contribution in [0.1, 0.15) is 39.0 Å². The number of rotatable bonds is 3. The van der Waals surface area contributed by atoms with E-state index in [4.69, 9.17) is 0 Å². The number of hydrogen-bond donors (Lipinski definition) is 1. The van der Waals surface area contributed by atoms with Crippen LogP contribution in [0, 0.1) is 21.8 Å². The summed E-state index contributed by atoms with van der Waals surface area (Å²) in [4.78, 5) is 10.1. The van der Waals surface area contributed by atoms with Crippen LogP contribution in [0.4, 0.5) is 15.8 Å². The molecule has 1 N–H and O–H groups in total. The molecule has 2 rings (SSSR count). The topological polar surface area (TPSA) is 55.2 Å². The number of halogens is 1. The molecule has 0 spiro atoms. The van der Waals surface area contributed by atoms with Gasteiger partial charge in [0.05, 0.1) is 11.0 Å². The maximum Gasteiger partial charge on any atom is 0.274 e. The van der Waals surface area contributed by atoms with E-state index in [9.17, 15) is 14.5 Å². The molecular weight excluding hydrogens is 247 g/mol. The van der Waals surface area contributed by atoms with Crippen molar-refractivity contribution in [3.8, 4) is 0 Å². The lowest BCUT2D eigenvalue weighted by atomic mass is 10.0. The molecule has 0 bridgehead atoms. The summed E-state index contributed by atoms with van der Waals surface area (Å²) in [7, 11) is 0. The third kappa shape index (κ3) is 3.91. The molecule has 1 aromatic rings. The van der Waals surface area contributed by atoms with Crippen molar-refractivity contribution in [1.29, 1.82) is 0 Å². The second kappa shape index (κ2) is 5.99. The summed E-state index contributed by atoms with van der Waals surface area (Å²) in [5.41, 5.74) is 0.302. The summed E-state index contributed by atoms with van der Waals surface area (Å²) in [5, 5.41) is 13.9. The average molecular weight is 266 g/mol. The number of nitro groups is 1. The van der Waals surface area contributed by atoms with Crippen molar-refractivity contribution in [2.24, 2.45) is 5.92 Å². The lowest BCUT2D eigenvalue weighted by Gasteiger charge is -2.17. The van der Waals surface area contributed by atoms with E-state index < -0.39 is 10.7 Å². The second-order valence-corrected chi connectivity index (χ2v) is 5.41. The SMILES string of the molecule is CC1CCCC(Nc2cc(F)cc([N+](=O)[O-])c2)CC1. The molecule has 0 aromatic heterocycles. The first kappa shape index (κ1) is 13.8. The van der Waals surface area contributed by atoms with Gasteiger partial charge in [0.25, 0.3) is 5.69 Å².